The van der Waals surface area contributed by atoms with E-state index in [0.717, 1.165) is 35.9 Å². The summed E-state index contributed by atoms with van der Waals surface area (Å²) in [5.41, 5.74) is 2.85. The molecular weight excluding hydrogens is 348 g/mol. The molecule has 138 valence electrons. The first-order valence-corrected chi connectivity index (χ1v) is 9.85. The fraction of sp³-hybridized carbons (Fsp3) is 0.500. The fourth-order valence-electron chi connectivity index (χ4n) is 4.19. The summed E-state index contributed by atoms with van der Waals surface area (Å²) in [5.74, 6) is -0.00490. The molecule has 6 heteroatoms. The van der Waals surface area contributed by atoms with Gasteiger partial charge >= 0.3 is 0 Å². The molecule has 2 aromatic rings. The van der Waals surface area contributed by atoms with Crippen molar-refractivity contribution < 1.29 is 4.79 Å². The molecule has 2 fully saturated rings. The SMILES string of the molecule is Cc1c(C(=O)NC2CCN(c3ccc(Cl)cc3)C2)cnn1C1CCCC1. The van der Waals surface area contributed by atoms with E-state index in [1.807, 2.05) is 31.2 Å². The maximum absolute atomic E-state index is 12.7. The van der Waals surface area contributed by atoms with E-state index in [9.17, 15) is 4.79 Å². The van der Waals surface area contributed by atoms with Crippen molar-refractivity contribution in [2.75, 3.05) is 18.0 Å². The molecule has 26 heavy (non-hydrogen) atoms. The molecular formula is C20H25ClN4O. The van der Waals surface area contributed by atoms with Crippen LogP contribution in [0.4, 0.5) is 5.69 Å². The van der Waals surface area contributed by atoms with Crippen LogP contribution in [0.5, 0.6) is 0 Å². The molecule has 0 bridgehead atoms. The minimum Gasteiger partial charge on any atom is -0.369 e. The summed E-state index contributed by atoms with van der Waals surface area (Å²) in [6.07, 6.45) is 7.53. The second kappa shape index (κ2) is 7.31. The van der Waals surface area contributed by atoms with Crippen LogP contribution in [-0.2, 0) is 0 Å². The molecule has 0 spiro atoms. The van der Waals surface area contributed by atoms with Gasteiger partial charge in [0.2, 0.25) is 0 Å². The minimum absolute atomic E-state index is 0.00490. The van der Waals surface area contributed by atoms with Crippen LogP contribution in [0.1, 0.15) is 54.2 Å². The molecule has 1 saturated carbocycles. The Morgan fingerprint density at radius 3 is 2.65 bits per heavy atom. The number of hydrogen-bond donors (Lipinski definition) is 1. The van der Waals surface area contributed by atoms with Gasteiger partial charge in [0.05, 0.1) is 17.8 Å². The maximum atomic E-state index is 12.7. The van der Waals surface area contributed by atoms with Gasteiger partial charge in [-0.25, -0.2) is 0 Å². The molecule has 5 nitrogen and oxygen atoms in total. The predicted octanol–water partition coefficient (Wildman–Crippen LogP) is 3.97. The van der Waals surface area contributed by atoms with Crippen molar-refractivity contribution in [2.24, 2.45) is 0 Å². The van der Waals surface area contributed by atoms with Crippen molar-refractivity contribution in [3.05, 3.63) is 46.7 Å². The van der Waals surface area contributed by atoms with Gasteiger partial charge in [-0.1, -0.05) is 24.4 Å². The van der Waals surface area contributed by atoms with E-state index in [1.54, 1.807) is 6.20 Å². The Morgan fingerprint density at radius 1 is 1.19 bits per heavy atom. The molecule has 2 aliphatic rings. The third-order valence-corrected chi connectivity index (χ3v) is 5.93. The third-order valence-electron chi connectivity index (χ3n) is 5.68. The van der Waals surface area contributed by atoms with Crippen LogP contribution in [0, 0.1) is 6.92 Å². The summed E-state index contributed by atoms with van der Waals surface area (Å²) in [6, 6.07) is 8.49. The number of aromatic nitrogens is 2. The Hall–Kier alpha value is -2.01. The van der Waals surface area contributed by atoms with Crippen LogP contribution >= 0.6 is 11.6 Å². The Labute approximate surface area is 159 Å². The van der Waals surface area contributed by atoms with Crippen LogP contribution in [0.2, 0.25) is 5.02 Å². The molecule has 1 saturated heterocycles. The summed E-state index contributed by atoms with van der Waals surface area (Å²) in [4.78, 5) is 15.0. The van der Waals surface area contributed by atoms with Crippen molar-refractivity contribution in [3.8, 4) is 0 Å². The van der Waals surface area contributed by atoms with Crippen LogP contribution in [0.15, 0.2) is 30.5 Å². The predicted molar refractivity (Wildman–Crippen MR) is 104 cm³/mol. The van der Waals surface area contributed by atoms with Gasteiger partial charge in [-0.15, -0.1) is 0 Å². The maximum Gasteiger partial charge on any atom is 0.255 e. The van der Waals surface area contributed by atoms with Gasteiger partial charge in [0, 0.05) is 35.5 Å². The zero-order valence-corrected chi connectivity index (χ0v) is 15.9. The molecule has 1 aliphatic heterocycles. The van der Waals surface area contributed by atoms with Gasteiger partial charge in [0.1, 0.15) is 0 Å². The first kappa shape index (κ1) is 17.4. The number of halogens is 1. The van der Waals surface area contributed by atoms with Crippen LogP contribution in [0.25, 0.3) is 0 Å². The van der Waals surface area contributed by atoms with Gasteiger partial charge < -0.3 is 10.2 Å². The molecule has 1 atom stereocenters. The molecule has 1 aromatic heterocycles. The highest BCUT2D eigenvalue weighted by molar-refractivity contribution is 6.30. The van der Waals surface area contributed by atoms with Crippen molar-refractivity contribution in [1.82, 2.24) is 15.1 Å². The number of hydrogen-bond acceptors (Lipinski definition) is 3. The first-order valence-electron chi connectivity index (χ1n) is 9.47. The average molecular weight is 373 g/mol. The largest absolute Gasteiger partial charge is 0.369 e. The summed E-state index contributed by atoms with van der Waals surface area (Å²) in [5, 5.41) is 8.43. The smallest absolute Gasteiger partial charge is 0.255 e. The Kier molecular flexibility index (Phi) is 4.90. The van der Waals surface area contributed by atoms with Gasteiger partial charge in [-0.3, -0.25) is 9.48 Å². The Morgan fingerprint density at radius 2 is 1.92 bits per heavy atom. The van der Waals surface area contributed by atoms with Crippen LogP contribution in [-0.4, -0.2) is 34.8 Å². The Bertz CT molecular complexity index is 780. The molecule has 1 N–H and O–H groups in total. The second-order valence-corrected chi connectivity index (χ2v) is 7.84. The lowest BCUT2D eigenvalue weighted by molar-refractivity contribution is 0.0939. The van der Waals surface area contributed by atoms with Gasteiger partial charge in [-0.2, -0.15) is 5.10 Å². The number of anilines is 1. The topological polar surface area (TPSA) is 50.2 Å². The summed E-state index contributed by atoms with van der Waals surface area (Å²) in [7, 11) is 0. The summed E-state index contributed by atoms with van der Waals surface area (Å²) >= 11 is 5.96. The number of amides is 1. The zero-order chi connectivity index (χ0) is 18.1. The molecule has 1 amide bonds. The minimum atomic E-state index is -0.00490. The van der Waals surface area contributed by atoms with E-state index < -0.39 is 0 Å². The van der Waals surface area contributed by atoms with Crippen molar-refractivity contribution in [1.29, 1.82) is 0 Å². The van der Waals surface area contributed by atoms with E-state index >= 15 is 0 Å². The van der Waals surface area contributed by atoms with Crippen molar-refractivity contribution >= 4 is 23.2 Å². The lowest BCUT2D eigenvalue weighted by atomic mass is 10.2. The van der Waals surface area contributed by atoms with Crippen LogP contribution in [0.3, 0.4) is 0 Å². The number of carbonyl (C=O) groups is 1. The number of benzene rings is 1. The number of carbonyl (C=O) groups excluding carboxylic acids is 1. The van der Waals surface area contributed by atoms with E-state index in [0.29, 0.717) is 11.6 Å². The number of nitrogens with one attached hydrogen (secondary N) is 1. The highest BCUT2D eigenvalue weighted by Gasteiger charge is 2.27. The molecule has 1 unspecified atom stereocenters. The first-order chi connectivity index (χ1) is 12.6. The van der Waals surface area contributed by atoms with Gasteiger partial charge in [0.15, 0.2) is 0 Å². The normalized spacial score (nSPS) is 20.7. The van der Waals surface area contributed by atoms with Gasteiger partial charge in [0.25, 0.3) is 5.91 Å². The molecule has 2 heterocycles. The van der Waals surface area contributed by atoms with Crippen molar-refractivity contribution in [3.63, 3.8) is 0 Å². The van der Waals surface area contributed by atoms with Crippen LogP contribution < -0.4 is 10.2 Å². The Balaban J connectivity index is 1.39. The van der Waals surface area contributed by atoms with E-state index in [2.05, 4.69) is 20.0 Å². The van der Waals surface area contributed by atoms with Crippen molar-refractivity contribution in [2.45, 2.75) is 51.1 Å². The number of rotatable bonds is 4. The quantitative estimate of drug-likeness (QED) is 0.883. The molecule has 0 radical (unpaired) electrons. The summed E-state index contributed by atoms with van der Waals surface area (Å²) in [6.45, 7) is 3.77. The zero-order valence-electron chi connectivity index (χ0n) is 15.1. The van der Waals surface area contributed by atoms with E-state index in [4.69, 9.17) is 11.6 Å². The third kappa shape index (κ3) is 3.45. The molecule has 4 rings (SSSR count). The second-order valence-electron chi connectivity index (χ2n) is 7.41. The van der Waals surface area contributed by atoms with Gasteiger partial charge in [-0.05, 0) is 50.5 Å². The molecule has 1 aromatic carbocycles. The lowest BCUT2D eigenvalue weighted by Gasteiger charge is -2.19. The number of nitrogens with zero attached hydrogens (tertiary/aromatic N) is 3. The van der Waals surface area contributed by atoms with E-state index in [-0.39, 0.29) is 11.9 Å². The highest BCUT2D eigenvalue weighted by Crippen LogP contribution is 2.30. The monoisotopic (exact) mass is 372 g/mol. The fourth-order valence-corrected chi connectivity index (χ4v) is 4.32. The standard InChI is InChI=1S/C20H25ClN4O/c1-14-19(12-22-25(14)18-4-2-3-5-18)20(26)23-16-10-11-24(13-16)17-8-6-15(21)7-9-17/h6-9,12,16,18H,2-5,10-11,13H2,1H3,(H,23,26). The lowest BCUT2D eigenvalue weighted by Crippen LogP contribution is -2.37. The average Bonchev–Trinajstić information content (AvgIpc) is 3.36. The summed E-state index contributed by atoms with van der Waals surface area (Å²) < 4.78 is 2.05. The highest BCUT2D eigenvalue weighted by atomic mass is 35.5. The van der Waals surface area contributed by atoms with E-state index in [1.165, 1.54) is 25.7 Å². The molecule has 1 aliphatic carbocycles.